The quantitative estimate of drug-likeness (QED) is 0.723. The van der Waals surface area contributed by atoms with Gasteiger partial charge in [0, 0.05) is 17.3 Å². The van der Waals surface area contributed by atoms with Crippen molar-refractivity contribution in [1.82, 2.24) is 4.98 Å². The average molecular weight is 308 g/mol. The Kier molecular flexibility index (Phi) is 4.10. The first-order valence-electron chi connectivity index (χ1n) is 7.33. The molecule has 0 aliphatic carbocycles. The molecule has 0 unspecified atom stereocenters. The molecular weight excluding hydrogens is 292 g/mol. The largest absolute Gasteiger partial charge is 0.462 e. The molecule has 5 nitrogen and oxygen atoms in total. The summed E-state index contributed by atoms with van der Waals surface area (Å²) >= 11 is 0. The molecule has 1 amide bonds. The van der Waals surface area contributed by atoms with Crippen LogP contribution in [0.3, 0.4) is 0 Å². The van der Waals surface area contributed by atoms with Crippen molar-refractivity contribution in [3.8, 4) is 0 Å². The molecule has 1 heterocycles. The van der Waals surface area contributed by atoms with Crippen LogP contribution in [0.15, 0.2) is 54.7 Å². The highest BCUT2D eigenvalue weighted by Gasteiger charge is 2.15. The van der Waals surface area contributed by atoms with E-state index in [1.165, 1.54) is 0 Å². The average Bonchev–Trinajstić information content (AvgIpc) is 3.03. The van der Waals surface area contributed by atoms with E-state index in [9.17, 15) is 9.59 Å². The number of aromatic amines is 1. The fourth-order valence-electron chi connectivity index (χ4n) is 2.36. The Morgan fingerprint density at radius 2 is 1.96 bits per heavy atom. The Balaban J connectivity index is 1.86. The monoisotopic (exact) mass is 308 g/mol. The second kappa shape index (κ2) is 6.36. The smallest absolute Gasteiger partial charge is 0.340 e. The maximum atomic E-state index is 12.4. The molecule has 116 valence electrons. The van der Waals surface area contributed by atoms with Gasteiger partial charge in [0.2, 0.25) is 0 Å². The van der Waals surface area contributed by atoms with Gasteiger partial charge < -0.3 is 15.0 Å². The van der Waals surface area contributed by atoms with E-state index < -0.39 is 5.97 Å². The van der Waals surface area contributed by atoms with E-state index >= 15 is 0 Å². The molecular formula is C18H16N2O3. The van der Waals surface area contributed by atoms with Crippen molar-refractivity contribution < 1.29 is 14.3 Å². The van der Waals surface area contributed by atoms with E-state index in [-0.39, 0.29) is 12.5 Å². The molecule has 0 spiro atoms. The molecule has 23 heavy (non-hydrogen) atoms. The number of H-pyrrole nitrogens is 1. The molecule has 2 aromatic carbocycles. The number of para-hydroxylation sites is 1. The lowest BCUT2D eigenvalue weighted by atomic mass is 10.1. The summed E-state index contributed by atoms with van der Waals surface area (Å²) in [5, 5.41) is 3.80. The van der Waals surface area contributed by atoms with Crippen LogP contribution in [0.1, 0.15) is 27.6 Å². The first-order chi connectivity index (χ1) is 11.2. The number of esters is 1. The number of nitrogens with one attached hydrogen (secondary N) is 2. The van der Waals surface area contributed by atoms with E-state index in [0.29, 0.717) is 16.8 Å². The fourth-order valence-corrected chi connectivity index (χ4v) is 2.36. The van der Waals surface area contributed by atoms with Gasteiger partial charge in [-0.25, -0.2) is 4.79 Å². The van der Waals surface area contributed by atoms with E-state index in [1.807, 2.05) is 18.3 Å². The summed E-state index contributed by atoms with van der Waals surface area (Å²) in [4.78, 5) is 27.5. The number of rotatable bonds is 4. The summed E-state index contributed by atoms with van der Waals surface area (Å²) in [5.41, 5.74) is 2.17. The molecule has 0 aliphatic rings. The van der Waals surface area contributed by atoms with Gasteiger partial charge in [0.1, 0.15) is 0 Å². The van der Waals surface area contributed by atoms with Crippen molar-refractivity contribution in [2.75, 3.05) is 11.9 Å². The molecule has 0 saturated heterocycles. The van der Waals surface area contributed by atoms with Crippen LogP contribution in [0.25, 0.3) is 10.9 Å². The van der Waals surface area contributed by atoms with Gasteiger partial charge >= 0.3 is 5.97 Å². The Morgan fingerprint density at radius 1 is 1.13 bits per heavy atom. The number of aromatic nitrogens is 1. The first-order valence-corrected chi connectivity index (χ1v) is 7.33. The van der Waals surface area contributed by atoms with Gasteiger partial charge in [-0.1, -0.05) is 18.2 Å². The summed E-state index contributed by atoms with van der Waals surface area (Å²) in [6.07, 6.45) is 1.82. The number of hydrogen-bond donors (Lipinski definition) is 2. The number of carbonyl (C=O) groups excluding carboxylic acids is 2. The molecule has 3 rings (SSSR count). The van der Waals surface area contributed by atoms with Gasteiger partial charge in [0.25, 0.3) is 5.91 Å². The summed E-state index contributed by atoms with van der Waals surface area (Å²) in [7, 11) is 0. The second-order valence-electron chi connectivity index (χ2n) is 5.00. The third-order valence-electron chi connectivity index (χ3n) is 3.49. The van der Waals surface area contributed by atoms with Crippen molar-refractivity contribution in [2.45, 2.75) is 6.92 Å². The molecule has 3 aromatic rings. The molecule has 0 radical (unpaired) electrons. The zero-order valence-electron chi connectivity index (χ0n) is 12.6. The van der Waals surface area contributed by atoms with Crippen LogP contribution >= 0.6 is 0 Å². The van der Waals surface area contributed by atoms with Gasteiger partial charge in [-0.2, -0.15) is 0 Å². The third kappa shape index (κ3) is 3.08. The highest BCUT2D eigenvalue weighted by atomic mass is 16.5. The van der Waals surface area contributed by atoms with Gasteiger partial charge in [0.15, 0.2) is 0 Å². The Labute approximate surface area is 133 Å². The van der Waals surface area contributed by atoms with Crippen LogP contribution in [-0.4, -0.2) is 23.5 Å². The molecule has 0 bridgehead atoms. The highest BCUT2D eigenvalue weighted by molar-refractivity contribution is 6.09. The van der Waals surface area contributed by atoms with Crippen molar-refractivity contribution in [1.29, 1.82) is 0 Å². The van der Waals surface area contributed by atoms with Crippen molar-refractivity contribution >= 4 is 28.5 Å². The molecule has 1 aromatic heterocycles. The number of carbonyl (C=O) groups is 2. The molecule has 0 atom stereocenters. The second-order valence-corrected chi connectivity index (χ2v) is 5.00. The lowest BCUT2D eigenvalue weighted by molar-refractivity contribution is 0.0527. The van der Waals surface area contributed by atoms with E-state index in [0.717, 1.165) is 10.9 Å². The number of amides is 1. The van der Waals surface area contributed by atoms with Crippen molar-refractivity contribution in [3.05, 3.63) is 65.9 Å². The van der Waals surface area contributed by atoms with Gasteiger partial charge in [-0.05, 0) is 42.6 Å². The number of anilines is 1. The highest BCUT2D eigenvalue weighted by Crippen LogP contribution is 2.19. The maximum absolute atomic E-state index is 12.4. The van der Waals surface area contributed by atoms with Crippen LogP contribution in [-0.2, 0) is 4.74 Å². The van der Waals surface area contributed by atoms with E-state index in [4.69, 9.17) is 4.74 Å². The predicted octanol–water partition coefficient (Wildman–Crippen LogP) is 3.60. The summed E-state index contributed by atoms with van der Waals surface area (Å²) in [5.74, 6) is -0.735. The number of hydrogen-bond acceptors (Lipinski definition) is 3. The normalized spacial score (nSPS) is 10.5. The minimum absolute atomic E-state index is 0.279. The SMILES string of the molecule is CCOC(=O)c1ccccc1NC(=O)c1ccc2cc[nH]c2c1. The van der Waals surface area contributed by atoms with Gasteiger partial charge in [-0.15, -0.1) is 0 Å². The minimum atomic E-state index is -0.455. The summed E-state index contributed by atoms with van der Waals surface area (Å²) in [6, 6.07) is 14.1. The topological polar surface area (TPSA) is 71.2 Å². The van der Waals surface area contributed by atoms with Crippen molar-refractivity contribution in [2.24, 2.45) is 0 Å². The minimum Gasteiger partial charge on any atom is -0.462 e. The Hall–Kier alpha value is -3.08. The lowest BCUT2D eigenvalue weighted by Crippen LogP contribution is -2.15. The fraction of sp³-hybridized carbons (Fsp3) is 0.111. The predicted molar refractivity (Wildman–Crippen MR) is 88.7 cm³/mol. The number of fused-ring (bicyclic) bond motifs is 1. The molecule has 0 fully saturated rings. The van der Waals surface area contributed by atoms with Crippen LogP contribution in [0.5, 0.6) is 0 Å². The molecule has 5 heteroatoms. The van der Waals surface area contributed by atoms with Crippen LogP contribution in [0.2, 0.25) is 0 Å². The van der Waals surface area contributed by atoms with Gasteiger partial charge in [0.05, 0.1) is 17.9 Å². The summed E-state index contributed by atoms with van der Waals surface area (Å²) in [6.45, 7) is 2.02. The zero-order valence-corrected chi connectivity index (χ0v) is 12.6. The van der Waals surface area contributed by atoms with E-state index in [1.54, 1.807) is 43.3 Å². The van der Waals surface area contributed by atoms with Crippen molar-refractivity contribution in [3.63, 3.8) is 0 Å². The standard InChI is InChI=1S/C18H16N2O3/c1-2-23-18(22)14-5-3-4-6-15(14)20-17(21)13-8-7-12-9-10-19-16(12)11-13/h3-11,19H,2H2,1H3,(H,20,21). The number of benzene rings is 2. The van der Waals surface area contributed by atoms with Crippen LogP contribution < -0.4 is 5.32 Å². The Bertz CT molecular complexity index is 867. The zero-order chi connectivity index (χ0) is 16.2. The lowest BCUT2D eigenvalue weighted by Gasteiger charge is -2.10. The number of ether oxygens (including phenoxy) is 1. The van der Waals surface area contributed by atoms with Crippen LogP contribution in [0, 0.1) is 0 Å². The maximum Gasteiger partial charge on any atom is 0.340 e. The van der Waals surface area contributed by atoms with E-state index in [2.05, 4.69) is 10.3 Å². The third-order valence-corrected chi connectivity index (χ3v) is 3.49. The molecule has 0 saturated carbocycles. The van der Waals surface area contributed by atoms with Gasteiger partial charge in [-0.3, -0.25) is 4.79 Å². The Morgan fingerprint density at radius 3 is 2.78 bits per heavy atom. The summed E-state index contributed by atoms with van der Waals surface area (Å²) < 4.78 is 5.01. The molecule has 0 aliphatic heterocycles. The first kappa shape index (κ1) is 14.8. The molecule has 2 N–H and O–H groups in total. The van der Waals surface area contributed by atoms with Crippen LogP contribution in [0.4, 0.5) is 5.69 Å².